The summed E-state index contributed by atoms with van der Waals surface area (Å²) in [5.41, 5.74) is 2.69. The van der Waals surface area contributed by atoms with E-state index in [0.717, 1.165) is 22.2 Å². The summed E-state index contributed by atoms with van der Waals surface area (Å²) in [7, 11) is -4.00. The molecule has 6 heteroatoms. The van der Waals surface area contributed by atoms with Crippen molar-refractivity contribution in [1.82, 2.24) is 4.98 Å². The molecule has 0 unspecified atom stereocenters. The Balaban J connectivity index is 1.72. The van der Waals surface area contributed by atoms with Crippen molar-refractivity contribution in [1.29, 1.82) is 0 Å². The van der Waals surface area contributed by atoms with Gasteiger partial charge in [0, 0.05) is 22.2 Å². The Hall–Kier alpha value is -3.69. The fraction of sp³-hybridized carbons (Fsp3) is 0.0435. The summed E-state index contributed by atoms with van der Waals surface area (Å²) in [5, 5.41) is 1.07. The van der Waals surface area contributed by atoms with Gasteiger partial charge in [0.15, 0.2) is 11.5 Å². The van der Waals surface area contributed by atoms with Crippen LogP contribution in [0.25, 0.3) is 22.2 Å². The number of aromatic nitrogens is 1. The first-order chi connectivity index (χ1) is 14.1. The van der Waals surface area contributed by atoms with E-state index in [1.54, 1.807) is 36.4 Å². The van der Waals surface area contributed by atoms with Crippen molar-refractivity contribution in [2.75, 3.05) is 6.61 Å². The van der Waals surface area contributed by atoms with Crippen LogP contribution in [0, 0.1) is 12.3 Å². The average molecular weight is 403 g/mol. The van der Waals surface area contributed by atoms with Crippen molar-refractivity contribution in [3.63, 3.8) is 0 Å². The molecule has 0 aliphatic heterocycles. The van der Waals surface area contributed by atoms with E-state index in [9.17, 15) is 8.42 Å². The van der Waals surface area contributed by atoms with Gasteiger partial charge in [-0.2, -0.15) is 8.42 Å². The van der Waals surface area contributed by atoms with E-state index in [4.69, 9.17) is 15.3 Å². The van der Waals surface area contributed by atoms with Gasteiger partial charge in [0.05, 0.1) is 0 Å². The third-order valence-corrected chi connectivity index (χ3v) is 5.58. The number of para-hydroxylation sites is 1. The number of rotatable bonds is 6. The monoisotopic (exact) mass is 403 g/mol. The number of terminal acetylenes is 1. The van der Waals surface area contributed by atoms with Crippen molar-refractivity contribution in [3.05, 3.63) is 78.9 Å². The van der Waals surface area contributed by atoms with Crippen LogP contribution in [0.15, 0.2) is 83.8 Å². The molecule has 0 saturated carbocycles. The van der Waals surface area contributed by atoms with E-state index in [1.165, 1.54) is 12.1 Å². The fourth-order valence-corrected chi connectivity index (χ4v) is 3.92. The highest BCUT2D eigenvalue weighted by Gasteiger charge is 2.19. The quantitative estimate of drug-likeness (QED) is 0.377. The first-order valence-corrected chi connectivity index (χ1v) is 10.3. The highest BCUT2D eigenvalue weighted by molar-refractivity contribution is 7.87. The number of ether oxygens (including phenoxy) is 1. The molecule has 0 aliphatic rings. The maximum atomic E-state index is 12.6. The molecule has 5 nitrogen and oxygen atoms in total. The van der Waals surface area contributed by atoms with E-state index < -0.39 is 10.1 Å². The molecule has 144 valence electrons. The number of aromatic amines is 1. The van der Waals surface area contributed by atoms with Crippen LogP contribution in [-0.4, -0.2) is 20.0 Å². The maximum absolute atomic E-state index is 12.6. The summed E-state index contributed by atoms with van der Waals surface area (Å²) in [6, 6.07) is 22.9. The molecular formula is C23H17NO4S. The summed E-state index contributed by atoms with van der Waals surface area (Å²) in [5.74, 6) is 2.71. The second-order valence-corrected chi connectivity index (χ2v) is 7.82. The van der Waals surface area contributed by atoms with Crippen molar-refractivity contribution >= 4 is 21.0 Å². The van der Waals surface area contributed by atoms with Gasteiger partial charge in [-0.15, -0.1) is 6.42 Å². The predicted octanol–water partition coefficient (Wildman–Crippen LogP) is 4.61. The molecule has 0 fully saturated rings. The minimum atomic E-state index is -4.00. The van der Waals surface area contributed by atoms with Crippen LogP contribution in [0.1, 0.15) is 0 Å². The highest BCUT2D eigenvalue weighted by atomic mass is 32.2. The molecule has 3 aromatic carbocycles. The Bertz CT molecular complexity index is 1270. The minimum absolute atomic E-state index is 0.0160. The van der Waals surface area contributed by atoms with Gasteiger partial charge < -0.3 is 13.9 Å². The van der Waals surface area contributed by atoms with E-state index >= 15 is 0 Å². The molecule has 0 spiro atoms. The molecule has 29 heavy (non-hydrogen) atoms. The zero-order chi connectivity index (χ0) is 20.3. The number of hydrogen-bond acceptors (Lipinski definition) is 4. The van der Waals surface area contributed by atoms with Gasteiger partial charge in [0.1, 0.15) is 11.5 Å². The summed E-state index contributed by atoms with van der Waals surface area (Å²) < 4.78 is 36.1. The summed E-state index contributed by atoms with van der Waals surface area (Å²) >= 11 is 0. The number of hydrogen-bond donors (Lipinski definition) is 1. The molecule has 4 aromatic rings. The summed E-state index contributed by atoms with van der Waals surface area (Å²) in [4.78, 5) is 3.39. The summed E-state index contributed by atoms with van der Waals surface area (Å²) in [6.07, 6.45) is 5.30. The standard InChI is InChI=1S/C23H17NO4S/c1-2-14-27-23-16-18(21-15-17-8-6-7-11-20(17)24-21)12-13-22(23)28-29(25,26)19-9-4-3-5-10-19/h1,3-13,15-16,24H,14H2. The van der Waals surface area contributed by atoms with E-state index in [-0.39, 0.29) is 23.0 Å². The molecule has 0 radical (unpaired) electrons. The van der Waals surface area contributed by atoms with Gasteiger partial charge in [0.2, 0.25) is 0 Å². The van der Waals surface area contributed by atoms with E-state index in [0.29, 0.717) is 0 Å². The molecule has 0 bridgehead atoms. The molecule has 1 aromatic heterocycles. The van der Waals surface area contributed by atoms with Crippen LogP contribution in [0.3, 0.4) is 0 Å². The fourth-order valence-electron chi connectivity index (χ4n) is 2.96. The van der Waals surface area contributed by atoms with Gasteiger partial charge in [-0.05, 0) is 42.5 Å². The summed E-state index contributed by atoms with van der Waals surface area (Å²) in [6.45, 7) is -0.0160. The van der Waals surface area contributed by atoms with Gasteiger partial charge >= 0.3 is 10.1 Å². The topological polar surface area (TPSA) is 68.4 Å². The van der Waals surface area contributed by atoms with Crippen molar-refractivity contribution < 1.29 is 17.3 Å². The second kappa shape index (κ2) is 7.74. The van der Waals surface area contributed by atoms with Crippen molar-refractivity contribution in [2.45, 2.75) is 4.90 Å². The number of nitrogens with one attached hydrogen (secondary N) is 1. The zero-order valence-electron chi connectivity index (χ0n) is 15.3. The van der Waals surface area contributed by atoms with Crippen LogP contribution >= 0.6 is 0 Å². The Morgan fingerprint density at radius 3 is 2.41 bits per heavy atom. The Morgan fingerprint density at radius 1 is 0.897 bits per heavy atom. The third kappa shape index (κ3) is 3.96. The van der Waals surface area contributed by atoms with E-state index in [1.807, 2.05) is 30.3 Å². The van der Waals surface area contributed by atoms with Gasteiger partial charge in [-0.1, -0.05) is 42.3 Å². The van der Waals surface area contributed by atoms with Crippen LogP contribution < -0.4 is 8.92 Å². The normalized spacial score (nSPS) is 11.1. The van der Waals surface area contributed by atoms with Crippen molar-refractivity contribution in [2.24, 2.45) is 0 Å². The molecular weight excluding hydrogens is 386 g/mol. The third-order valence-electron chi connectivity index (χ3n) is 4.33. The van der Waals surface area contributed by atoms with Gasteiger partial charge in [0.25, 0.3) is 0 Å². The number of benzene rings is 3. The number of fused-ring (bicyclic) bond motifs is 1. The average Bonchev–Trinajstić information content (AvgIpc) is 3.18. The molecule has 4 rings (SSSR count). The van der Waals surface area contributed by atoms with Crippen LogP contribution in [0.2, 0.25) is 0 Å². The zero-order valence-corrected chi connectivity index (χ0v) is 16.1. The second-order valence-electron chi connectivity index (χ2n) is 6.28. The molecule has 0 saturated heterocycles. The first-order valence-electron chi connectivity index (χ1n) is 8.85. The SMILES string of the molecule is C#CCOc1cc(-c2cc3ccccc3[nH]2)ccc1OS(=O)(=O)c1ccccc1. The highest BCUT2D eigenvalue weighted by Crippen LogP contribution is 2.35. The van der Waals surface area contributed by atoms with Crippen LogP contribution in [-0.2, 0) is 10.1 Å². The van der Waals surface area contributed by atoms with Crippen LogP contribution in [0.4, 0.5) is 0 Å². The molecule has 0 amide bonds. The molecule has 1 heterocycles. The Labute approximate surface area is 169 Å². The lowest BCUT2D eigenvalue weighted by atomic mass is 10.1. The lowest BCUT2D eigenvalue weighted by molar-refractivity contribution is 0.354. The smallest absolute Gasteiger partial charge is 0.339 e. The lowest BCUT2D eigenvalue weighted by Crippen LogP contribution is -2.10. The van der Waals surface area contributed by atoms with Crippen LogP contribution in [0.5, 0.6) is 11.5 Å². The molecule has 0 aliphatic carbocycles. The predicted molar refractivity (Wildman–Crippen MR) is 112 cm³/mol. The minimum Gasteiger partial charge on any atom is -0.477 e. The van der Waals surface area contributed by atoms with Gasteiger partial charge in [-0.3, -0.25) is 0 Å². The lowest BCUT2D eigenvalue weighted by Gasteiger charge is -2.13. The molecule has 1 N–H and O–H groups in total. The maximum Gasteiger partial charge on any atom is 0.339 e. The Morgan fingerprint density at radius 2 is 1.66 bits per heavy atom. The largest absolute Gasteiger partial charge is 0.477 e. The first kappa shape index (κ1) is 18.7. The number of H-pyrrole nitrogens is 1. The van der Waals surface area contributed by atoms with Crippen molar-refractivity contribution in [3.8, 4) is 35.1 Å². The Kier molecular flexibility index (Phi) is 4.98. The van der Waals surface area contributed by atoms with Gasteiger partial charge in [-0.25, -0.2) is 0 Å². The molecule has 0 atom stereocenters. The van der Waals surface area contributed by atoms with E-state index in [2.05, 4.69) is 10.9 Å².